The maximum absolute atomic E-state index is 5.91. The average Bonchev–Trinajstić information content (AvgIpc) is 2.93. The molecule has 0 aliphatic heterocycles. The lowest BCUT2D eigenvalue weighted by Gasteiger charge is -2.61. The number of aromatic nitrogens is 1. The fourth-order valence-electron chi connectivity index (χ4n) is 3.78. The van der Waals surface area contributed by atoms with Gasteiger partial charge in [-0.1, -0.05) is 11.6 Å². The number of hydrogen-bond acceptors (Lipinski definition) is 4. The predicted molar refractivity (Wildman–Crippen MR) is 84.6 cm³/mol. The molecule has 0 radical (unpaired) electrons. The normalized spacial score (nSPS) is 26.4. The molecular weight excluding hydrogens is 280 g/mol. The van der Waals surface area contributed by atoms with Gasteiger partial charge in [0.25, 0.3) is 0 Å². The number of nitrogens with zero attached hydrogens (tertiary/aromatic N) is 3. The summed E-state index contributed by atoms with van der Waals surface area (Å²) in [4.78, 5) is 6.50. The molecule has 1 N–H and O–H groups in total. The summed E-state index contributed by atoms with van der Waals surface area (Å²) in [6.45, 7) is 3.57. The molecule has 0 aromatic carbocycles. The van der Waals surface area contributed by atoms with Crippen LogP contribution in [0.25, 0.3) is 0 Å². The summed E-state index contributed by atoms with van der Waals surface area (Å²) in [6.07, 6.45) is 6.93. The lowest BCUT2D eigenvalue weighted by Crippen LogP contribution is -2.68. The van der Waals surface area contributed by atoms with E-state index in [1.165, 1.54) is 19.3 Å². The highest BCUT2D eigenvalue weighted by atomic mass is 16.5. The zero-order valence-electron chi connectivity index (χ0n) is 13.7. The maximum Gasteiger partial charge on any atom is 0.193 e. The van der Waals surface area contributed by atoms with Crippen LogP contribution in [0.2, 0.25) is 0 Å². The van der Waals surface area contributed by atoms with Gasteiger partial charge in [-0.05, 0) is 26.2 Å². The van der Waals surface area contributed by atoms with Crippen molar-refractivity contribution in [2.24, 2.45) is 10.4 Å². The Kier molecular flexibility index (Phi) is 4.38. The molecule has 2 fully saturated rings. The Hall–Kier alpha value is -1.56. The molecule has 0 bridgehead atoms. The smallest absolute Gasteiger partial charge is 0.193 e. The van der Waals surface area contributed by atoms with Crippen LogP contribution in [0.5, 0.6) is 0 Å². The number of hydrogen-bond donors (Lipinski definition) is 1. The van der Waals surface area contributed by atoms with E-state index in [0.717, 1.165) is 24.7 Å². The van der Waals surface area contributed by atoms with Crippen molar-refractivity contribution < 1.29 is 9.26 Å². The van der Waals surface area contributed by atoms with Gasteiger partial charge >= 0.3 is 0 Å². The molecule has 6 nitrogen and oxygen atoms in total. The van der Waals surface area contributed by atoms with E-state index in [1.807, 2.05) is 20.2 Å². The van der Waals surface area contributed by atoms with Crippen LogP contribution >= 0.6 is 0 Å². The molecule has 2 atom stereocenters. The Morgan fingerprint density at radius 2 is 2.41 bits per heavy atom. The summed E-state index contributed by atoms with van der Waals surface area (Å²) in [5.74, 6) is 0.911. The topological polar surface area (TPSA) is 62.9 Å². The highest BCUT2D eigenvalue weighted by Crippen LogP contribution is 2.57. The van der Waals surface area contributed by atoms with Crippen molar-refractivity contribution in [3.8, 4) is 0 Å². The standard InChI is InChI=1S/C16H26N4O2/c1-4-21-14-10-13(16(14)7-5-8-16)18-15(17-2)20(3)11-12-6-9-22-19-12/h6,9,13-14H,4-5,7-8,10-11H2,1-3H3,(H,17,18). The van der Waals surface area contributed by atoms with Gasteiger partial charge in [-0.15, -0.1) is 0 Å². The Balaban J connectivity index is 1.59. The Labute approximate surface area is 131 Å². The summed E-state index contributed by atoms with van der Waals surface area (Å²) in [5.41, 5.74) is 1.24. The minimum absolute atomic E-state index is 0.334. The molecule has 6 heteroatoms. The van der Waals surface area contributed by atoms with E-state index >= 15 is 0 Å². The third kappa shape index (κ3) is 2.60. The van der Waals surface area contributed by atoms with Gasteiger partial charge in [0, 0.05) is 38.2 Å². The summed E-state index contributed by atoms with van der Waals surface area (Å²) in [6, 6.07) is 2.35. The van der Waals surface area contributed by atoms with Crippen LogP contribution in [0, 0.1) is 5.41 Å². The van der Waals surface area contributed by atoms with E-state index < -0.39 is 0 Å². The largest absolute Gasteiger partial charge is 0.378 e. The highest BCUT2D eigenvalue weighted by Gasteiger charge is 2.59. The van der Waals surface area contributed by atoms with E-state index in [9.17, 15) is 0 Å². The molecule has 1 aromatic heterocycles. The van der Waals surface area contributed by atoms with E-state index in [4.69, 9.17) is 9.26 Å². The second-order valence-electron chi connectivity index (χ2n) is 6.36. The summed E-state index contributed by atoms with van der Waals surface area (Å²) in [5, 5.41) is 7.59. The number of guanidine groups is 1. The molecule has 0 amide bonds. The molecule has 2 unspecified atom stereocenters. The molecule has 3 rings (SSSR count). The van der Waals surface area contributed by atoms with Crippen molar-refractivity contribution >= 4 is 5.96 Å². The summed E-state index contributed by atoms with van der Waals surface area (Å²) >= 11 is 0. The van der Waals surface area contributed by atoms with Gasteiger partial charge in [0.1, 0.15) is 12.0 Å². The molecule has 2 saturated carbocycles. The second-order valence-corrected chi connectivity index (χ2v) is 6.36. The Morgan fingerprint density at radius 1 is 1.59 bits per heavy atom. The fourth-order valence-corrected chi connectivity index (χ4v) is 3.78. The first-order valence-corrected chi connectivity index (χ1v) is 8.15. The van der Waals surface area contributed by atoms with Crippen molar-refractivity contribution in [3.63, 3.8) is 0 Å². The third-order valence-electron chi connectivity index (χ3n) is 5.20. The Morgan fingerprint density at radius 3 is 2.95 bits per heavy atom. The van der Waals surface area contributed by atoms with Gasteiger partial charge in [0.15, 0.2) is 5.96 Å². The first-order valence-electron chi connectivity index (χ1n) is 8.15. The van der Waals surface area contributed by atoms with Crippen LogP contribution < -0.4 is 5.32 Å². The molecule has 1 spiro atoms. The number of rotatable bonds is 5. The zero-order valence-corrected chi connectivity index (χ0v) is 13.7. The first-order chi connectivity index (χ1) is 10.7. The minimum Gasteiger partial charge on any atom is -0.378 e. The monoisotopic (exact) mass is 306 g/mol. The summed E-state index contributed by atoms with van der Waals surface area (Å²) < 4.78 is 10.8. The van der Waals surface area contributed by atoms with Crippen LogP contribution in [0.1, 0.15) is 38.3 Å². The molecule has 1 aromatic rings. The SMILES string of the molecule is CCOC1CC(NC(=NC)N(C)Cc2ccon2)C12CCC2. The lowest BCUT2D eigenvalue weighted by atomic mass is 9.51. The van der Waals surface area contributed by atoms with Crippen molar-refractivity contribution in [2.45, 2.75) is 51.3 Å². The van der Waals surface area contributed by atoms with Gasteiger partial charge in [-0.2, -0.15) is 0 Å². The zero-order chi connectivity index (χ0) is 15.6. The van der Waals surface area contributed by atoms with Crippen molar-refractivity contribution in [1.29, 1.82) is 0 Å². The van der Waals surface area contributed by atoms with Gasteiger partial charge in [-0.3, -0.25) is 4.99 Å². The van der Waals surface area contributed by atoms with Gasteiger partial charge < -0.3 is 19.5 Å². The second kappa shape index (κ2) is 6.28. The van der Waals surface area contributed by atoms with E-state index in [-0.39, 0.29) is 0 Å². The lowest BCUT2D eigenvalue weighted by molar-refractivity contribution is -0.168. The Bertz CT molecular complexity index is 510. The highest BCUT2D eigenvalue weighted by molar-refractivity contribution is 5.80. The molecule has 22 heavy (non-hydrogen) atoms. The fraction of sp³-hybridized carbons (Fsp3) is 0.750. The first kappa shape index (κ1) is 15.3. The number of ether oxygens (including phenoxy) is 1. The van der Waals surface area contributed by atoms with Crippen LogP contribution in [-0.2, 0) is 11.3 Å². The predicted octanol–water partition coefficient (Wildman–Crippen LogP) is 2.03. The van der Waals surface area contributed by atoms with Crippen LogP contribution in [0.15, 0.2) is 21.8 Å². The van der Waals surface area contributed by atoms with E-state index in [0.29, 0.717) is 24.1 Å². The van der Waals surface area contributed by atoms with E-state index in [2.05, 4.69) is 27.3 Å². The third-order valence-corrected chi connectivity index (χ3v) is 5.20. The van der Waals surface area contributed by atoms with Crippen LogP contribution in [-0.4, -0.2) is 48.9 Å². The summed E-state index contributed by atoms with van der Waals surface area (Å²) in [7, 11) is 3.85. The number of nitrogens with one attached hydrogen (secondary N) is 1. The van der Waals surface area contributed by atoms with Crippen molar-refractivity contribution in [2.75, 3.05) is 20.7 Å². The number of aliphatic imine (C=N–C) groups is 1. The molecule has 0 saturated heterocycles. The molecule has 122 valence electrons. The maximum atomic E-state index is 5.91. The van der Waals surface area contributed by atoms with Crippen LogP contribution in [0.3, 0.4) is 0 Å². The van der Waals surface area contributed by atoms with Gasteiger partial charge in [0.2, 0.25) is 0 Å². The molecular formula is C16H26N4O2. The minimum atomic E-state index is 0.334. The van der Waals surface area contributed by atoms with Crippen molar-refractivity contribution in [3.05, 3.63) is 18.0 Å². The molecule has 2 aliphatic rings. The molecule has 2 aliphatic carbocycles. The van der Waals surface area contributed by atoms with Gasteiger partial charge in [0.05, 0.1) is 12.6 Å². The van der Waals surface area contributed by atoms with Crippen LogP contribution in [0.4, 0.5) is 0 Å². The van der Waals surface area contributed by atoms with E-state index in [1.54, 1.807) is 6.26 Å². The quantitative estimate of drug-likeness (QED) is 0.666. The average molecular weight is 306 g/mol. The van der Waals surface area contributed by atoms with Gasteiger partial charge in [-0.25, -0.2) is 0 Å². The van der Waals surface area contributed by atoms with Crippen molar-refractivity contribution in [1.82, 2.24) is 15.4 Å². The molecule has 1 heterocycles.